The van der Waals surface area contributed by atoms with Gasteiger partial charge >= 0.3 is 0 Å². The van der Waals surface area contributed by atoms with E-state index in [0.717, 1.165) is 11.4 Å². The molecule has 7 nitrogen and oxygen atoms in total. The van der Waals surface area contributed by atoms with Gasteiger partial charge in [-0.25, -0.2) is 8.42 Å². The van der Waals surface area contributed by atoms with E-state index in [1.54, 1.807) is 6.07 Å². The predicted octanol–water partition coefficient (Wildman–Crippen LogP) is 2.48. The van der Waals surface area contributed by atoms with Gasteiger partial charge in [-0.15, -0.1) is 0 Å². The SMILES string of the molecule is COc1ccc(S(=O)(=O)N2CCN(CC(=O)c3cc(C)[nH]c3C)CC2)cc1Cl. The van der Waals surface area contributed by atoms with Crippen molar-refractivity contribution >= 4 is 27.4 Å². The van der Waals surface area contributed by atoms with E-state index in [1.807, 2.05) is 24.8 Å². The summed E-state index contributed by atoms with van der Waals surface area (Å²) in [6, 6.07) is 6.30. The summed E-state index contributed by atoms with van der Waals surface area (Å²) in [5.41, 5.74) is 2.51. The van der Waals surface area contributed by atoms with Crippen molar-refractivity contribution in [1.82, 2.24) is 14.2 Å². The Balaban J connectivity index is 1.63. The van der Waals surface area contributed by atoms with E-state index in [2.05, 4.69) is 4.98 Å². The first-order valence-corrected chi connectivity index (χ1v) is 10.8. The van der Waals surface area contributed by atoms with Crippen molar-refractivity contribution in [3.05, 3.63) is 46.2 Å². The highest BCUT2D eigenvalue weighted by molar-refractivity contribution is 7.89. The van der Waals surface area contributed by atoms with Crippen molar-refractivity contribution in [2.45, 2.75) is 18.7 Å². The van der Waals surface area contributed by atoms with Gasteiger partial charge in [0.2, 0.25) is 10.0 Å². The minimum absolute atomic E-state index is 0.0418. The average molecular weight is 426 g/mol. The van der Waals surface area contributed by atoms with Gasteiger partial charge in [-0.05, 0) is 38.1 Å². The van der Waals surface area contributed by atoms with E-state index >= 15 is 0 Å². The van der Waals surface area contributed by atoms with Crippen LogP contribution in [-0.4, -0.2) is 68.2 Å². The number of sulfonamides is 1. The lowest BCUT2D eigenvalue weighted by atomic mass is 10.1. The molecule has 0 spiro atoms. The molecule has 0 atom stereocenters. The molecule has 0 bridgehead atoms. The van der Waals surface area contributed by atoms with E-state index in [1.165, 1.54) is 23.5 Å². The number of Topliss-reactive ketones (excluding diaryl/α,β-unsaturated/α-hetero) is 1. The predicted molar refractivity (Wildman–Crippen MR) is 108 cm³/mol. The number of benzene rings is 1. The number of methoxy groups -OCH3 is 1. The smallest absolute Gasteiger partial charge is 0.243 e. The molecule has 1 aliphatic rings. The number of H-pyrrole nitrogens is 1. The Morgan fingerprint density at radius 1 is 1.18 bits per heavy atom. The summed E-state index contributed by atoms with van der Waals surface area (Å²) in [4.78, 5) is 17.8. The van der Waals surface area contributed by atoms with Gasteiger partial charge in [0.1, 0.15) is 5.75 Å². The molecule has 1 fully saturated rings. The van der Waals surface area contributed by atoms with Crippen molar-refractivity contribution < 1.29 is 17.9 Å². The molecule has 1 aromatic carbocycles. The monoisotopic (exact) mass is 425 g/mol. The van der Waals surface area contributed by atoms with E-state index in [9.17, 15) is 13.2 Å². The lowest BCUT2D eigenvalue weighted by molar-refractivity contribution is 0.0901. The highest BCUT2D eigenvalue weighted by Gasteiger charge is 2.30. The van der Waals surface area contributed by atoms with E-state index in [-0.39, 0.29) is 22.2 Å². The van der Waals surface area contributed by atoms with Crippen LogP contribution in [0.3, 0.4) is 0 Å². The summed E-state index contributed by atoms with van der Waals surface area (Å²) >= 11 is 6.07. The quantitative estimate of drug-likeness (QED) is 0.719. The van der Waals surface area contributed by atoms with Crippen LogP contribution in [0.15, 0.2) is 29.2 Å². The second-order valence-electron chi connectivity index (χ2n) is 6.89. The fraction of sp³-hybridized carbons (Fsp3) is 0.421. The molecular weight excluding hydrogens is 402 g/mol. The fourth-order valence-electron chi connectivity index (χ4n) is 3.39. The molecule has 152 valence electrons. The van der Waals surface area contributed by atoms with Gasteiger partial charge in [-0.1, -0.05) is 11.6 Å². The summed E-state index contributed by atoms with van der Waals surface area (Å²) in [5.74, 6) is 0.472. The van der Waals surface area contributed by atoms with Gasteiger partial charge in [0.15, 0.2) is 5.78 Å². The van der Waals surface area contributed by atoms with Crippen molar-refractivity contribution in [1.29, 1.82) is 0 Å². The second kappa shape index (κ2) is 8.24. The Morgan fingerprint density at radius 2 is 1.86 bits per heavy atom. The molecule has 3 rings (SSSR count). The highest BCUT2D eigenvalue weighted by Crippen LogP contribution is 2.28. The summed E-state index contributed by atoms with van der Waals surface area (Å²) in [5, 5.41) is 0.255. The first kappa shape index (κ1) is 20.9. The number of carbonyl (C=O) groups is 1. The van der Waals surface area contributed by atoms with Crippen LogP contribution in [0.1, 0.15) is 21.7 Å². The van der Waals surface area contributed by atoms with Crippen LogP contribution in [0.25, 0.3) is 0 Å². The molecule has 1 saturated heterocycles. The van der Waals surface area contributed by atoms with Gasteiger partial charge in [0.05, 0.1) is 23.6 Å². The van der Waals surface area contributed by atoms with E-state index in [0.29, 0.717) is 37.5 Å². The maximum absolute atomic E-state index is 12.9. The van der Waals surface area contributed by atoms with Gasteiger partial charge in [0.25, 0.3) is 0 Å². The molecule has 0 radical (unpaired) electrons. The molecule has 9 heteroatoms. The molecule has 2 heterocycles. The molecule has 0 saturated carbocycles. The number of nitrogens with one attached hydrogen (secondary N) is 1. The third-order valence-electron chi connectivity index (χ3n) is 4.91. The van der Waals surface area contributed by atoms with Crippen LogP contribution >= 0.6 is 11.6 Å². The molecule has 0 amide bonds. The zero-order valence-corrected chi connectivity index (χ0v) is 17.7. The van der Waals surface area contributed by atoms with Crippen molar-refractivity contribution in [3.63, 3.8) is 0 Å². The third kappa shape index (κ3) is 4.25. The number of aromatic nitrogens is 1. The molecular formula is C19H24ClN3O4S. The maximum atomic E-state index is 12.9. The number of piperazine rings is 1. The van der Waals surface area contributed by atoms with E-state index in [4.69, 9.17) is 16.3 Å². The molecule has 1 N–H and O–H groups in total. The average Bonchev–Trinajstić information content (AvgIpc) is 3.00. The Bertz CT molecular complexity index is 979. The van der Waals surface area contributed by atoms with Gasteiger partial charge < -0.3 is 9.72 Å². The maximum Gasteiger partial charge on any atom is 0.243 e. The van der Waals surface area contributed by atoms with Crippen LogP contribution < -0.4 is 4.74 Å². The van der Waals surface area contributed by atoms with Gasteiger partial charge in [-0.2, -0.15) is 4.31 Å². The number of hydrogen-bond donors (Lipinski definition) is 1. The van der Waals surface area contributed by atoms with E-state index < -0.39 is 10.0 Å². The molecule has 0 aliphatic carbocycles. The summed E-state index contributed by atoms with van der Waals surface area (Å²) in [6.45, 7) is 5.72. The number of rotatable bonds is 6. The third-order valence-corrected chi connectivity index (χ3v) is 7.10. The molecule has 1 aliphatic heterocycles. The zero-order valence-electron chi connectivity index (χ0n) is 16.2. The number of nitrogens with zero attached hydrogens (tertiary/aromatic N) is 2. The molecule has 0 unspecified atom stereocenters. The lowest BCUT2D eigenvalue weighted by Crippen LogP contribution is -2.49. The largest absolute Gasteiger partial charge is 0.495 e. The first-order valence-electron chi connectivity index (χ1n) is 8.98. The first-order chi connectivity index (χ1) is 13.2. The Labute approximate surface area is 170 Å². The summed E-state index contributed by atoms with van der Waals surface area (Å²) in [7, 11) is -2.16. The van der Waals surface area contributed by atoms with Gasteiger partial charge in [0, 0.05) is 43.1 Å². The number of hydrogen-bond acceptors (Lipinski definition) is 5. The lowest BCUT2D eigenvalue weighted by Gasteiger charge is -2.33. The summed E-state index contributed by atoms with van der Waals surface area (Å²) < 4.78 is 32.3. The van der Waals surface area contributed by atoms with Crippen LogP contribution in [-0.2, 0) is 10.0 Å². The van der Waals surface area contributed by atoms with Gasteiger partial charge in [-0.3, -0.25) is 9.69 Å². The number of carbonyl (C=O) groups excluding carboxylic acids is 1. The normalized spacial score (nSPS) is 16.3. The number of ether oxygens (including phenoxy) is 1. The van der Waals surface area contributed by atoms with Crippen LogP contribution in [0.5, 0.6) is 5.75 Å². The van der Waals surface area contributed by atoms with Crippen molar-refractivity contribution in [3.8, 4) is 5.75 Å². The Kier molecular flexibility index (Phi) is 6.14. The number of aromatic amines is 1. The standard InChI is InChI=1S/C19H24ClN3O4S/c1-13-10-16(14(2)21-13)18(24)12-22-6-8-23(9-7-22)28(25,26)15-4-5-19(27-3)17(20)11-15/h4-5,10-11,21H,6-9,12H2,1-3H3. The number of halogens is 1. The zero-order chi connectivity index (χ0) is 20.5. The van der Waals surface area contributed by atoms with Crippen molar-refractivity contribution in [2.75, 3.05) is 39.8 Å². The Hall–Kier alpha value is -1.87. The number of ketones is 1. The number of aryl methyl sites for hydroxylation is 2. The minimum atomic E-state index is -3.64. The molecule has 1 aromatic heterocycles. The molecule has 2 aromatic rings. The van der Waals surface area contributed by atoms with Crippen LogP contribution in [0, 0.1) is 13.8 Å². The second-order valence-corrected chi connectivity index (χ2v) is 9.24. The topological polar surface area (TPSA) is 82.7 Å². The highest BCUT2D eigenvalue weighted by atomic mass is 35.5. The fourth-order valence-corrected chi connectivity index (χ4v) is 5.16. The summed E-state index contributed by atoms with van der Waals surface area (Å²) in [6.07, 6.45) is 0. The van der Waals surface area contributed by atoms with Crippen LogP contribution in [0.4, 0.5) is 0 Å². The minimum Gasteiger partial charge on any atom is -0.495 e. The van der Waals surface area contributed by atoms with Crippen molar-refractivity contribution in [2.24, 2.45) is 0 Å². The molecule has 28 heavy (non-hydrogen) atoms. The Morgan fingerprint density at radius 3 is 2.39 bits per heavy atom. The van der Waals surface area contributed by atoms with Crippen LogP contribution in [0.2, 0.25) is 5.02 Å².